The molecule has 0 aromatic carbocycles. The van der Waals surface area contributed by atoms with Crippen LogP contribution >= 0.6 is 20.8 Å². The lowest BCUT2D eigenvalue weighted by Gasteiger charge is -2.11. The van der Waals surface area contributed by atoms with Crippen LogP contribution in [0.25, 0.3) is 0 Å². The first kappa shape index (κ1) is 12.8. The first-order valence-corrected chi connectivity index (χ1v) is 5.42. The summed E-state index contributed by atoms with van der Waals surface area (Å²) in [7, 11) is 1.45. The maximum Gasteiger partial charge on any atom is 0.285 e. The molecule has 1 unspecified atom stereocenters. The summed E-state index contributed by atoms with van der Waals surface area (Å²) in [4.78, 5) is 3.90. The molecule has 0 saturated carbocycles. The number of rotatable bonds is 4. The lowest BCUT2D eigenvalue weighted by Crippen LogP contribution is -2.06. The van der Waals surface area contributed by atoms with Gasteiger partial charge < -0.3 is 5.73 Å². The Morgan fingerprint density at radius 2 is 2.20 bits per heavy atom. The highest BCUT2D eigenvalue weighted by Gasteiger charge is 2.25. The third-order valence-electron chi connectivity index (χ3n) is 1.92. The predicted octanol–water partition coefficient (Wildman–Crippen LogP) is 2.55. The van der Waals surface area contributed by atoms with E-state index in [1.165, 1.54) is 15.3 Å². The number of nitrogens with two attached hydrogens (primary N) is 1. The first-order chi connectivity index (χ1) is 6.95. The van der Waals surface area contributed by atoms with Crippen molar-refractivity contribution in [3.8, 4) is 0 Å². The number of nitrogens with zero attached hydrogens (tertiary/aromatic N) is 1. The fraction of sp³-hybridized carbons (Fsp3) is 0.444. The van der Waals surface area contributed by atoms with Crippen LogP contribution in [0.1, 0.15) is 17.7 Å². The van der Waals surface area contributed by atoms with Crippen LogP contribution in [-0.2, 0) is 12.1 Å². The highest BCUT2D eigenvalue weighted by Crippen LogP contribution is 2.35. The summed E-state index contributed by atoms with van der Waals surface area (Å²) in [5.41, 5.74) is 2.76. The second-order valence-corrected chi connectivity index (χ2v) is 4.30. The molecule has 2 N–H and O–H groups in total. The van der Waals surface area contributed by atoms with Crippen LogP contribution in [0.2, 0.25) is 5.02 Å². The van der Waals surface area contributed by atoms with E-state index in [1.54, 1.807) is 0 Å². The van der Waals surface area contributed by atoms with E-state index in [0.29, 0.717) is 18.7 Å². The van der Waals surface area contributed by atoms with Crippen molar-refractivity contribution in [1.82, 2.24) is 4.98 Å². The minimum Gasteiger partial charge on any atom is -0.330 e. The van der Waals surface area contributed by atoms with Crippen molar-refractivity contribution in [2.75, 3.05) is 6.54 Å². The molecule has 1 atom stereocenters. The molecule has 0 spiro atoms. The largest absolute Gasteiger partial charge is 0.330 e. The van der Waals surface area contributed by atoms with Crippen LogP contribution in [0.15, 0.2) is 12.3 Å². The Morgan fingerprint density at radius 1 is 1.53 bits per heavy atom. The van der Waals surface area contributed by atoms with Crippen molar-refractivity contribution in [1.29, 1.82) is 0 Å². The quantitative estimate of drug-likeness (QED) is 0.837. The molecule has 0 aliphatic heterocycles. The van der Waals surface area contributed by atoms with Gasteiger partial charge in [0.15, 0.2) is 0 Å². The number of pyridine rings is 1. The van der Waals surface area contributed by atoms with Gasteiger partial charge >= 0.3 is 0 Å². The van der Waals surface area contributed by atoms with E-state index in [9.17, 15) is 8.78 Å². The first-order valence-electron chi connectivity index (χ1n) is 4.47. The minimum absolute atomic E-state index is 0.200. The molecule has 1 heterocycles. The molecule has 0 amide bonds. The molecule has 1 rings (SSSR count). The number of hydrogen-bond donors (Lipinski definition) is 1. The van der Waals surface area contributed by atoms with Crippen LogP contribution < -0.4 is 5.73 Å². The van der Waals surface area contributed by atoms with Gasteiger partial charge in [0.1, 0.15) is 0 Å². The van der Waals surface area contributed by atoms with Gasteiger partial charge in [-0.1, -0.05) is 20.8 Å². The summed E-state index contributed by atoms with van der Waals surface area (Å²) in [6.45, 7) is 0.527. The summed E-state index contributed by atoms with van der Waals surface area (Å²) in [6, 6.07) is 1.24. The van der Waals surface area contributed by atoms with Crippen LogP contribution in [0, 0.1) is 0 Å². The van der Waals surface area contributed by atoms with E-state index >= 15 is 0 Å². The molecule has 15 heavy (non-hydrogen) atoms. The van der Waals surface area contributed by atoms with Crippen molar-refractivity contribution in [3.05, 3.63) is 28.5 Å². The van der Waals surface area contributed by atoms with Gasteiger partial charge in [0.25, 0.3) is 5.66 Å². The smallest absolute Gasteiger partial charge is 0.285 e. The number of alkyl halides is 2. The van der Waals surface area contributed by atoms with Gasteiger partial charge in [-0.3, -0.25) is 4.98 Å². The van der Waals surface area contributed by atoms with Gasteiger partial charge in [-0.05, 0) is 25.5 Å². The molecule has 0 aliphatic rings. The van der Waals surface area contributed by atoms with E-state index < -0.39 is 5.66 Å². The summed E-state index contributed by atoms with van der Waals surface area (Å²) in [5.74, 6) is 0. The Bertz CT molecular complexity index is 341. The van der Waals surface area contributed by atoms with Gasteiger partial charge in [0.2, 0.25) is 0 Å². The van der Waals surface area contributed by atoms with Crippen LogP contribution in [0.5, 0.6) is 0 Å². The third kappa shape index (κ3) is 3.63. The van der Waals surface area contributed by atoms with Gasteiger partial charge in [0, 0.05) is 11.8 Å². The summed E-state index contributed by atoms with van der Waals surface area (Å²) in [5, 5.41) is 0.267. The highest BCUT2D eigenvalue weighted by atomic mass is 35.5. The third-order valence-corrected chi connectivity index (χ3v) is 2.58. The lowest BCUT2D eigenvalue weighted by molar-refractivity contribution is 0.103. The zero-order valence-corrected chi connectivity index (χ0v) is 9.92. The lowest BCUT2D eigenvalue weighted by atomic mass is 10.2. The highest BCUT2D eigenvalue weighted by molar-refractivity contribution is 7.17. The topological polar surface area (TPSA) is 38.9 Å². The van der Waals surface area contributed by atoms with Crippen LogP contribution in [0.3, 0.4) is 0 Å². The van der Waals surface area contributed by atoms with Crippen LogP contribution in [0.4, 0.5) is 8.78 Å². The van der Waals surface area contributed by atoms with Crippen molar-refractivity contribution >= 4 is 20.8 Å². The van der Waals surface area contributed by atoms with Gasteiger partial charge in [-0.2, -0.15) is 8.78 Å². The van der Waals surface area contributed by atoms with E-state index in [1.807, 2.05) is 0 Å². The van der Waals surface area contributed by atoms with Crippen molar-refractivity contribution in [2.45, 2.75) is 18.5 Å². The van der Waals surface area contributed by atoms with Gasteiger partial charge in [-0.15, -0.1) is 0 Å². The number of aryl methyl sites for hydroxylation is 1. The SMILES string of the molecule is NCCCc1ncc(C(F)(F)P)cc1Cl. The Kier molecular flexibility index (Phi) is 4.38. The molecular formula is C9H12ClF2N2P. The van der Waals surface area contributed by atoms with Crippen LogP contribution in [-0.4, -0.2) is 11.5 Å². The van der Waals surface area contributed by atoms with E-state index in [0.717, 1.165) is 12.6 Å². The Labute approximate surface area is 94.4 Å². The Hall–Kier alpha value is -0.310. The molecule has 1 aromatic heterocycles. The average molecular weight is 253 g/mol. The maximum atomic E-state index is 12.9. The minimum atomic E-state index is -2.98. The molecule has 84 valence electrons. The number of aromatic nitrogens is 1. The summed E-state index contributed by atoms with van der Waals surface area (Å²) in [6.07, 6.45) is 2.49. The summed E-state index contributed by atoms with van der Waals surface area (Å²) < 4.78 is 25.7. The molecule has 0 radical (unpaired) electrons. The molecule has 0 aliphatic carbocycles. The van der Waals surface area contributed by atoms with E-state index in [4.69, 9.17) is 17.3 Å². The second-order valence-electron chi connectivity index (χ2n) is 3.17. The Balaban J connectivity index is 2.88. The van der Waals surface area contributed by atoms with E-state index in [-0.39, 0.29) is 10.6 Å². The Morgan fingerprint density at radius 3 is 2.67 bits per heavy atom. The normalized spacial score (nSPS) is 11.8. The maximum absolute atomic E-state index is 12.9. The van der Waals surface area contributed by atoms with Gasteiger partial charge in [-0.25, -0.2) is 0 Å². The zero-order valence-electron chi connectivity index (χ0n) is 8.01. The molecule has 1 aromatic rings. The molecule has 0 fully saturated rings. The monoisotopic (exact) mass is 252 g/mol. The standard InChI is InChI=1S/C9H12ClF2N2P/c10-7-4-6(9(11,12)15)5-14-8(7)2-1-3-13/h4-5H,1-3,13,15H2. The van der Waals surface area contributed by atoms with Crippen molar-refractivity contribution in [3.63, 3.8) is 0 Å². The molecule has 2 nitrogen and oxygen atoms in total. The average Bonchev–Trinajstić information content (AvgIpc) is 2.14. The molecule has 0 saturated heterocycles. The fourth-order valence-electron chi connectivity index (χ4n) is 1.10. The van der Waals surface area contributed by atoms with Crippen molar-refractivity contribution in [2.24, 2.45) is 5.73 Å². The fourth-order valence-corrected chi connectivity index (χ4v) is 1.52. The molecule has 0 bridgehead atoms. The number of halogens is 3. The number of hydrogen-bond acceptors (Lipinski definition) is 2. The van der Waals surface area contributed by atoms with Crippen molar-refractivity contribution < 1.29 is 8.78 Å². The second kappa shape index (κ2) is 5.15. The molecule has 6 heteroatoms. The predicted molar refractivity (Wildman–Crippen MR) is 60.2 cm³/mol. The zero-order chi connectivity index (χ0) is 11.5. The van der Waals surface area contributed by atoms with E-state index in [2.05, 4.69) is 4.98 Å². The molecular weight excluding hydrogens is 241 g/mol. The van der Waals surface area contributed by atoms with Gasteiger partial charge in [0.05, 0.1) is 10.7 Å². The summed E-state index contributed by atoms with van der Waals surface area (Å²) >= 11 is 5.83.